The first-order valence-electron chi connectivity index (χ1n) is 21.3. The van der Waals surface area contributed by atoms with E-state index < -0.39 is 69.3 Å². The SMILES string of the molecule is CCCCCCCCCCCCOc1c2cc(-c3c(F)c(F)c(F)c(F)c3F)sc2c(OCCCCCCCCCCCC)c2cc(-c3c(F)c(F)c(F)c(F)c3F)sc12. The summed E-state index contributed by atoms with van der Waals surface area (Å²) in [6.07, 6.45) is 20.7. The minimum absolute atomic E-state index is 0.0497. The van der Waals surface area contributed by atoms with E-state index in [1.807, 2.05) is 0 Å². The second-order valence-electron chi connectivity index (χ2n) is 15.3. The van der Waals surface area contributed by atoms with Crippen LogP contribution in [0.3, 0.4) is 0 Å². The van der Waals surface area contributed by atoms with E-state index in [0.717, 1.165) is 64.2 Å². The molecule has 2 aromatic heterocycles. The van der Waals surface area contributed by atoms with E-state index >= 15 is 17.6 Å². The third-order valence-corrected chi connectivity index (χ3v) is 13.1. The third-order valence-electron chi connectivity index (χ3n) is 10.8. The number of benzene rings is 3. The van der Waals surface area contributed by atoms with Crippen molar-refractivity contribution >= 4 is 42.8 Å². The molecule has 0 spiro atoms. The number of hydrogen-bond donors (Lipinski definition) is 0. The number of hydrogen-bond acceptors (Lipinski definition) is 4. The molecule has 0 aliphatic carbocycles. The molecule has 0 amide bonds. The van der Waals surface area contributed by atoms with Crippen molar-refractivity contribution in [3.8, 4) is 32.4 Å². The Balaban J connectivity index is 1.52. The Kier molecular flexibility index (Phi) is 18.3. The summed E-state index contributed by atoms with van der Waals surface area (Å²) in [7, 11) is 0. The lowest BCUT2D eigenvalue weighted by Gasteiger charge is -2.14. The van der Waals surface area contributed by atoms with E-state index in [1.165, 1.54) is 63.5 Å². The Morgan fingerprint density at radius 3 is 0.883 bits per heavy atom. The zero-order chi connectivity index (χ0) is 43.3. The van der Waals surface area contributed by atoms with Crippen LogP contribution in [0.25, 0.3) is 41.1 Å². The zero-order valence-electron chi connectivity index (χ0n) is 34.1. The van der Waals surface area contributed by atoms with Crippen molar-refractivity contribution in [2.75, 3.05) is 13.2 Å². The lowest BCUT2D eigenvalue weighted by molar-refractivity contribution is 0.307. The summed E-state index contributed by atoms with van der Waals surface area (Å²) >= 11 is 1.33. The fourth-order valence-electron chi connectivity index (χ4n) is 7.40. The van der Waals surface area contributed by atoms with Crippen LogP contribution in [-0.4, -0.2) is 13.2 Å². The van der Waals surface area contributed by atoms with E-state index in [0.29, 0.717) is 35.5 Å². The lowest BCUT2D eigenvalue weighted by atomic mass is 10.1. The molecule has 0 bridgehead atoms. The van der Waals surface area contributed by atoms with Crippen molar-refractivity contribution in [2.45, 2.75) is 142 Å². The number of halogens is 10. The maximum absolute atomic E-state index is 15.2. The molecule has 0 saturated carbocycles. The molecule has 0 atom stereocenters. The van der Waals surface area contributed by atoms with Crippen LogP contribution in [-0.2, 0) is 0 Å². The van der Waals surface area contributed by atoms with Crippen molar-refractivity contribution < 1.29 is 53.4 Å². The Bertz CT molecular complexity index is 1930. The fourth-order valence-corrected chi connectivity index (χ4v) is 9.81. The molecular formula is C46H52F10O2S2. The minimum Gasteiger partial charge on any atom is -0.491 e. The normalized spacial score (nSPS) is 11.8. The molecule has 0 aliphatic heterocycles. The van der Waals surface area contributed by atoms with Crippen LogP contribution in [0.4, 0.5) is 43.9 Å². The van der Waals surface area contributed by atoms with Gasteiger partial charge in [-0.25, -0.2) is 43.9 Å². The first kappa shape index (κ1) is 47.5. The average Bonchev–Trinajstić information content (AvgIpc) is 3.88. The van der Waals surface area contributed by atoms with Gasteiger partial charge in [0.05, 0.1) is 33.7 Å². The Hall–Kier alpha value is -3.52. The van der Waals surface area contributed by atoms with Crippen molar-refractivity contribution in [1.29, 1.82) is 0 Å². The molecule has 14 heteroatoms. The second-order valence-corrected chi connectivity index (χ2v) is 17.4. The van der Waals surface area contributed by atoms with Crippen LogP contribution in [0.2, 0.25) is 0 Å². The first-order valence-corrected chi connectivity index (χ1v) is 22.9. The molecule has 60 heavy (non-hydrogen) atoms. The Morgan fingerprint density at radius 2 is 0.600 bits per heavy atom. The molecule has 0 N–H and O–H groups in total. The van der Waals surface area contributed by atoms with Crippen LogP contribution >= 0.6 is 22.7 Å². The van der Waals surface area contributed by atoms with Gasteiger partial charge in [0.25, 0.3) is 0 Å². The molecular weight excluding hydrogens is 839 g/mol. The number of fused-ring (bicyclic) bond motifs is 2. The van der Waals surface area contributed by atoms with Crippen molar-refractivity contribution in [1.82, 2.24) is 0 Å². The molecule has 5 rings (SSSR count). The quantitative estimate of drug-likeness (QED) is 0.0238. The maximum atomic E-state index is 15.2. The van der Waals surface area contributed by atoms with Crippen LogP contribution in [0, 0.1) is 58.2 Å². The molecule has 3 aromatic carbocycles. The predicted molar refractivity (Wildman–Crippen MR) is 222 cm³/mol. The summed E-state index contributed by atoms with van der Waals surface area (Å²) in [5.74, 6) is -21.1. The molecule has 0 fully saturated rings. The van der Waals surface area contributed by atoms with E-state index in [9.17, 15) is 26.3 Å². The van der Waals surface area contributed by atoms with Crippen LogP contribution in [0.1, 0.15) is 142 Å². The fraction of sp³-hybridized carbons (Fsp3) is 0.522. The lowest BCUT2D eigenvalue weighted by Crippen LogP contribution is -2.03. The Labute approximate surface area is 353 Å². The molecule has 330 valence electrons. The van der Waals surface area contributed by atoms with Gasteiger partial charge in [0.1, 0.15) is 11.5 Å². The van der Waals surface area contributed by atoms with Gasteiger partial charge in [-0.05, 0) is 25.0 Å². The highest BCUT2D eigenvalue weighted by Crippen LogP contribution is 2.54. The monoisotopic (exact) mass is 890 g/mol. The maximum Gasteiger partial charge on any atom is 0.200 e. The van der Waals surface area contributed by atoms with Crippen LogP contribution in [0.15, 0.2) is 12.1 Å². The van der Waals surface area contributed by atoms with Crippen LogP contribution < -0.4 is 9.47 Å². The molecule has 0 radical (unpaired) electrons. The predicted octanol–water partition coefficient (Wildman–Crippen LogP) is 17.4. The highest BCUT2D eigenvalue weighted by Gasteiger charge is 2.32. The number of unbranched alkanes of at least 4 members (excludes halogenated alkanes) is 18. The zero-order valence-corrected chi connectivity index (χ0v) is 35.8. The standard InChI is InChI=1S/C46H52F10O2S2/c1-3-5-7-9-11-13-15-17-19-21-23-57-43-27-25-29(31-33(47)37(51)41(55)38(52)34(31)48)60-46(27)44(58-24-22-20-18-16-14-12-10-8-6-4-2)28-26-30(59-45(28)43)32-35(49)39(53)42(56)40(54)36(32)50/h25-26H,3-24H2,1-2H3. The molecule has 0 saturated heterocycles. The number of thiophene rings is 2. The van der Waals surface area contributed by atoms with E-state index in [2.05, 4.69) is 13.8 Å². The van der Waals surface area contributed by atoms with E-state index in [4.69, 9.17) is 9.47 Å². The van der Waals surface area contributed by atoms with Gasteiger partial charge in [-0.1, -0.05) is 129 Å². The first-order chi connectivity index (χ1) is 28.9. The van der Waals surface area contributed by atoms with Crippen molar-refractivity contribution in [3.63, 3.8) is 0 Å². The summed E-state index contributed by atoms with van der Waals surface area (Å²) in [5.41, 5.74) is -2.31. The van der Waals surface area contributed by atoms with Gasteiger partial charge in [0.2, 0.25) is 11.6 Å². The third kappa shape index (κ3) is 11.1. The van der Waals surface area contributed by atoms with E-state index in [1.54, 1.807) is 0 Å². The molecule has 5 aromatic rings. The van der Waals surface area contributed by atoms with Gasteiger partial charge in [-0.2, -0.15) is 0 Å². The summed E-state index contributed by atoms with van der Waals surface area (Å²) in [4.78, 5) is -0.661. The van der Waals surface area contributed by atoms with Crippen molar-refractivity contribution in [2.24, 2.45) is 0 Å². The topological polar surface area (TPSA) is 18.5 Å². The summed E-state index contributed by atoms with van der Waals surface area (Å²) < 4.78 is 160. The Morgan fingerprint density at radius 1 is 0.350 bits per heavy atom. The van der Waals surface area contributed by atoms with Crippen LogP contribution in [0.5, 0.6) is 11.5 Å². The van der Waals surface area contributed by atoms with Gasteiger partial charge in [0.15, 0.2) is 46.5 Å². The molecule has 2 heterocycles. The van der Waals surface area contributed by atoms with Gasteiger partial charge in [-0.15, -0.1) is 22.7 Å². The summed E-state index contributed by atoms with van der Waals surface area (Å²) in [6.45, 7) is 4.55. The van der Waals surface area contributed by atoms with Gasteiger partial charge >= 0.3 is 0 Å². The molecule has 0 unspecified atom stereocenters. The second kappa shape index (κ2) is 23.1. The highest BCUT2D eigenvalue weighted by molar-refractivity contribution is 7.24. The summed E-state index contributed by atoms with van der Waals surface area (Å²) in [5, 5.41) is 0.310. The molecule has 0 aliphatic rings. The van der Waals surface area contributed by atoms with Gasteiger partial charge < -0.3 is 9.47 Å². The van der Waals surface area contributed by atoms with Gasteiger partial charge in [0, 0.05) is 20.5 Å². The molecule has 2 nitrogen and oxygen atoms in total. The van der Waals surface area contributed by atoms with Gasteiger partial charge in [-0.3, -0.25) is 0 Å². The number of rotatable bonds is 26. The largest absolute Gasteiger partial charge is 0.491 e. The van der Waals surface area contributed by atoms with E-state index in [-0.39, 0.29) is 54.6 Å². The highest BCUT2D eigenvalue weighted by atomic mass is 32.1. The summed E-state index contributed by atoms with van der Waals surface area (Å²) in [6, 6.07) is 2.41. The number of ether oxygens (including phenoxy) is 2. The van der Waals surface area contributed by atoms with Crippen molar-refractivity contribution in [3.05, 3.63) is 70.3 Å². The minimum atomic E-state index is -2.31. The average molecular weight is 891 g/mol. The smallest absolute Gasteiger partial charge is 0.200 e.